The van der Waals surface area contributed by atoms with Gasteiger partial charge in [0.15, 0.2) is 0 Å². The van der Waals surface area contributed by atoms with Gasteiger partial charge in [-0.15, -0.1) is 0 Å². The second-order valence-electron chi connectivity index (χ2n) is 4.13. The molecule has 6 heteroatoms. The first kappa shape index (κ1) is 12.3. The molecule has 0 saturated carbocycles. The number of hydrogen-bond acceptors (Lipinski definition) is 3. The van der Waals surface area contributed by atoms with Crippen molar-refractivity contribution in [2.45, 2.75) is 6.92 Å². The van der Waals surface area contributed by atoms with E-state index < -0.39 is 10.2 Å². The summed E-state index contributed by atoms with van der Waals surface area (Å²) in [5.41, 5.74) is 1.65. The third-order valence-electron chi connectivity index (χ3n) is 2.68. The molecule has 0 aromatic heterocycles. The van der Waals surface area contributed by atoms with Gasteiger partial charge in [0.2, 0.25) is 0 Å². The summed E-state index contributed by atoms with van der Waals surface area (Å²) in [6.07, 6.45) is 0. The third-order valence-corrected chi connectivity index (χ3v) is 4.22. The lowest BCUT2D eigenvalue weighted by Crippen LogP contribution is -2.48. The van der Waals surface area contributed by atoms with Crippen molar-refractivity contribution in [2.24, 2.45) is 0 Å². The molecule has 17 heavy (non-hydrogen) atoms. The third kappa shape index (κ3) is 3.18. The van der Waals surface area contributed by atoms with Crippen LogP contribution in [-0.2, 0) is 10.2 Å². The van der Waals surface area contributed by atoms with E-state index in [1.807, 2.05) is 25.1 Å². The Morgan fingerprint density at radius 3 is 2.65 bits per heavy atom. The standard InChI is InChI=1S/C11H17N3O2S/c1-10-3-2-4-11(9-10)13-17(15,16)14-7-5-12-6-8-14/h2-4,9,12-13H,5-8H2,1H3. The molecule has 1 aliphatic rings. The van der Waals surface area contributed by atoms with Crippen molar-refractivity contribution in [3.63, 3.8) is 0 Å². The summed E-state index contributed by atoms with van der Waals surface area (Å²) in [7, 11) is -3.41. The fraction of sp³-hybridized carbons (Fsp3) is 0.455. The maximum atomic E-state index is 12.1. The molecule has 1 aromatic carbocycles. The molecule has 1 fully saturated rings. The summed E-state index contributed by atoms with van der Waals surface area (Å²) < 4.78 is 28.2. The molecule has 0 amide bonds. The van der Waals surface area contributed by atoms with Crippen molar-refractivity contribution in [3.8, 4) is 0 Å². The van der Waals surface area contributed by atoms with Crippen LogP contribution in [0.2, 0.25) is 0 Å². The van der Waals surface area contributed by atoms with E-state index in [0.717, 1.165) is 5.56 Å². The molecule has 0 bridgehead atoms. The number of nitrogens with zero attached hydrogens (tertiary/aromatic N) is 1. The van der Waals surface area contributed by atoms with E-state index in [1.165, 1.54) is 4.31 Å². The Morgan fingerprint density at radius 2 is 2.00 bits per heavy atom. The molecule has 2 rings (SSSR count). The van der Waals surface area contributed by atoms with Gasteiger partial charge in [-0.05, 0) is 24.6 Å². The zero-order valence-electron chi connectivity index (χ0n) is 9.81. The highest BCUT2D eigenvalue weighted by Crippen LogP contribution is 2.13. The largest absolute Gasteiger partial charge is 0.314 e. The van der Waals surface area contributed by atoms with E-state index in [4.69, 9.17) is 0 Å². The van der Waals surface area contributed by atoms with Crippen LogP contribution >= 0.6 is 0 Å². The molecule has 1 heterocycles. The van der Waals surface area contributed by atoms with E-state index in [-0.39, 0.29) is 0 Å². The SMILES string of the molecule is Cc1cccc(NS(=O)(=O)N2CCNCC2)c1. The molecule has 1 aromatic rings. The lowest BCUT2D eigenvalue weighted by atomic mass is 10.2. The smallest absolute Gasteiger partial charge is 0.301 e. The van der Waals surface area contributed by atoms with Crippen molar-refractivity contribution in [1.82, 2.24) is 9.62 Å². The Kier molecular flexibility index (Phi) is 3.66. The van der Waals surface area contributed by atoms with Crippen molar-refractivity contribution in [3.05, 3.63) is 29.8 Å². The van der Waals surface area contributed by atoms with Gasteiger partial charge in [0.25, 0.3) is 0 Å². The van der Waals surface area contributed by atoms with Gasteiger partial charge in [-0.3, -0.25) is 4.72 Å². The first-order chi connectivity index (χ1) is 8.08. The molecule has 94 valence electrons. The van der Waals surface area contributed by atoms with Crippen LogP contribution in [-0.4, -0.2) is 38.9 Å². The molecular formula is C11H17N3O2S. The first-order valence-corrected chi connectivity index (χ1v) is 7.07. The van der Waals surface area contributed by atoms with E-state index in [0.29, 0.717) is 31.9 Å². The molecule has 5 nitrogen and oxygen atoms in total. The molecule has 0 aliphatic carbocycles. The predicted octanol–water partition coefficient (Wildman–Crippen LogP) is 0.557. The highest BCUT2D eigenvalue weighted by molar-refractivity contribution is 7.90. The van der Waals surface area contributed by atoms with Crippen LogP contribution in [0.1, 0.15) is 5.56 Å². The van der Waals surface area contributed by atoms with Crippen molar-refractivity contribution < 1.29 is 8.42 Å². The van der Waals surface area contributed by atoms with Crippen LogP contribution in [0, 0.1) is 6.92 Å². The molecule has 2 N–H and O–H groups in total. The summed E-state index contributed by atoms with van der Waals surface area (Å²) in [4.78, 5) is 0. The monoisotopic (exact) mass is 255 g/mol. The lowest BCUT2D eigenvalue weighted by molar-refractivity contribution is 0.362. The second kappa shape index (κ2) is 5.03. The Labute approximate surface area is 102 Å². The van der Waals surface area contributed by atoms with E-state index >= 15 is 0 Å². The number of nitrogens with one attached hydrogen (secondary N) is 2. The van der Waals surface area contributed by atoms with Crippen molar-refractivity contribution in [1.29, 1.82) is 0 Å². The zero-order chi connectivity index (χ0) is 12.3. The lowest BCUT2D eigenvalue weighted by Gasteiger charge is -2.26. The number of aryl methyl sites for hydroxylation is 1. The van der Waals surface area contributed by atoms with Gasteiger partial charge in [-0.25, -0.2) is 0 Å². The predicted molar refractivity (Wildman–Crippen MR) is 68.2 cm³/mol. The van der Waals surface area contributed by atoms with Crippen LogP contribution in [0.3, 0.4) is 0 Å². The normalized spacial score (nSPS) is 17.9. The van der Waals surface area contributed by atoms with Gasteiger partial charge in [0, 0.05) is 26.2 Å². The Morgan fingerprint density at radius 1 is 1.29 bits per heavy atom. The maximum absolute atomic E-state index is 12.1. The highest BCUT2D eigenvalue weighted by Gasteiger charge is 2.23. The fourth-order valence-electron chi connectivity index (χ4n) is 1.81. The van der Waals surface area contributed by atoms with E-state index in [2.05, 4.69) is 10.0 Å². The topological polar surface area (TPSA) is 61.4 Å². The Balaban J connectivity index is 2.11. The van der Waals surface area contributed by atoms with Crippen LogP contribution in [0.25, 0.3) is 0 Å². The van der Waals surface area contributed by atoms with Gasteiger partial charge in [0.1, 0.15) is 0 Å². The summed E-state index contributed by atoms with van der Waals surface area (Å²) in [6.45, 7) is 4.37. The van der Waals surface area contributed by atoms with E-state index in [9.17, 15) is 8.42 Å². The van der Waals surface area contributed by atoms with E-state index in [1.54, 1.807) is 6.07 Å². The minimum absolute atomic E-state index is 0.515. The van der Waals surface area contributed by atoms with Gasteiger partial charge in [-0.2, -0.15) is 12.7 Å². The molecule has 1 saturated heterocycles. The summed E-state index contributed by atoms with van der Waals surface area (Å²) >= 11 is 0. The molecular weight excluding hydrogens is 238 g/mol. The molecule has 0 spiro atoms. The minimum Gasteiger partial charge on any atom is -0.314 e. The van der Waals surface area contributed by atoms with Crippen LogP contribution < -0.4 is 10.0 Å². The maximum Gasteiger partial charge on any atom is 0.301 e. The minimum atomic E-state index is -3.41. The number of piperazine rings is 1. The second-order valence-corrected chi connectivity index (χ2v) is 5.80. The molecule has 1 aliphatic heterocycles. The Hall–Kier alpha value is -1.11. The van der Waals surface area contributed by atoms with Crippen LogP contribution in [0.4, 0.5) is 5.69 Å². The molecule has 0 atom stereocenters. The molecule has 0 radical (unpaired) electrons. The first-order valence-electron chi connectivity index (χ1n) is 5.63. The van der Waals surface area contributed by atoms with Gasteiger partial charge in [-0.1, -0.05) is 12.1 Å². The van der Waals surface area contributed by atoms with Crippen LogP contribution in [0.5, 0.6) is 0 Å². The highest BCUT2D eigenvalue weighted by atomic mass is 32.2. The number of rotatable bonds is 3. The number of hydrogen-bond donors (Lipinski definition) is 2. The van der Waals surface area contributed by atoms with Crippen molar-refractivity contribution in [2.75, 3.05) is 30.9 Å². The average Bonchev–Trinajstić information content (AvgIpc) is 2.29. The van der Waals surface area contributed by atoms with Gasteiger partial charge >= 0.3 is 10.2 Å². The fourth-order valence-corrected chi connectivity index (χ4v) is 3.02. The average molecular weight is 255 g/mol. The summed E-state index contributed by atoms with van der Waals surface area (Å²) in [5, 5.41) is 3.13. The Bertz CT molecular complexity index is 481. The number of anilines is 1. The van der Waals surface area contributed by atoms with Gasteiger partial charge < -0.3 is 5.32 Å². The van der Waals surface area contributed by atoms with Gasteiger partial charge in [0.05, 0.1) is 5.69 Å². The summed E-state index contributed by atoms with van der Waals surface area (Å²) in [5.74, 6) is 0. The molecule has 0 unspecified atom stereocenters. The quantitative estimate of drug-likeness (QED) is 0.829. The number of benzene rings is 1. The zero-order valence-corrected chi connectivity index (χ0v) is 10.6. The summed E-state index contributed by atoms with van der Waals surface area (Å²) in [6, 6.07) is 7.35. The van der Waals surface area contributed by atoms with Crippen molar-refractivity contribution >= 4 is 15.9 Å². The van der Waals surface area contributed by atoms with Crippen LogP contribution in [0.15, 0.2) is 24.3 Å².